The van der Waals surface area contributed by atoms with Crippen LogP contribution in [0.4, 0.5) is 5.69 Å². The quantitative estimate of drug-likeness (QED) is 0.783. The molecule has 1 aromatic carbocycles. The highest BCUT2D eigenvalue weighted by atomic mass is 16.5. The van der Waals surface area contributed by atoms with Crippen molar-refractivity contribution >= 4 is 11.6 Å². The molecule has 5 heteroatoms. The van der Waals surface area contributed by atoms with Gasteiger partial charge in [0.05, 0.1) is 5.69 Å². The Morgan fingerprint density at radius 3 is 2.84 bits per heavy atom. The molecule has 0 spiro atoms. The average molecular weight is 264 g/mol. The second kappa shape index (κ2) is 6.99. The fraction of sp³-hybridized carbons (Fsp3) is 0.500. The lowest BCUT2D eigenvalue weighted by Crippen LogP contribution is -2.35. The third-order valence-electron chi connectivity index (χ3n) is 3.21. The standard InChI is InChI=1S/C14H20N2O3/c15-12-3-1-2-4-13(12)19-10-14(17)16-9-11-5-7-18-8-6-11/h1-4,11H,5-10,15H2,(H,16,17). The first kappa shape index (κ1) is 13.7. The van der Waals surface area contributed by atoms with Crippen molar-refractivity contribution in [3.8, 4) is 5.75 Å². The number of anilines is 1. The summed E-state index contributed by atoms with van der Waals surface area (Å²) in [6.07, 6.45) is 2.01. The van der Waals surface area contributed by atoms with E-state index in [9.17, 15) is 4.79 Å². The van der Waals surface area contributed by atoms with Crippen LogP contribution in [0.1, 0.15) is 12.8 Å². The van der Waals surface area contributed by atoms with Crippen LogP contribution in [-0.2, 0) is 9.53 Å². The van der Waals surface area contributed by atoms with Crippen molar-refractivity contribution < 1.29 is 14.3 Å². The molecule has 1 aliphatic rings. The Labute approximate surface area is 113 Å². The van der Waals surface area contributed by atoms with E-state index < -0.39 is 0 Å². The molecule has 0 saturated carbocycles. The predicted molar refractivity (Wildman–Crippen MR) is 72.9 cm³/mol. The summed E-state index contributed by atoms with van der Waals surface area (Å²) in [5, 5.41) is 2.88. The van der Waals surface area contributed by atoms with Crippen LogP contribution in [0.25, 0.3) is 0 Å². The van der Waals surface area contributed by atoms with Gasteiger partial charge >= 0.3 is 0 Å². The van der Waals surface area contributed by atoms with Gasteiger partial charge in [0.15, 0.2) is 6.61 Å². The van der Waals surface area contributed by atoms with Gasteiger partial charge in [0.25, 0.3) is 5.91 Å². The molecule has 1 aromatic rings. The van der Waals surface area contributed by atoms with Crippen molar-refractivity contribution in [3.05, 3.63) is 24.3 Å². The summed E-state index contributed by atoms with van der Waals surface area (Å²) in [7, 11) is 0. The Kier molecular flexibility index (Phi) is 5.03. The molecule has 104 valence electrons. The fourth-order valence-corrected chi connectivity index (χ4v) is 2.02. The van der Waals surface area contributed by atoms with Crippen LogP contribution in [0.15, 0.2) is 24.3 Å². The molecule has 0 unspecified atom stereocenters. The first-order chi connectivity index (χ1) is 9.25. The highest BCUT2D eigenvalue weighted by Crippen LogP contribution is 2.19. The van der Waals surface area contributed by atoms with Crippen LogP contribution >= 0.6 is 0 Å². The SMILES string of the molecule is Nc1ccccc1OCC(=O)NCC1CCOCC1. The minimum absolute atomic E-state index is 0.00255. The van der Waals surface area contributed by atoms with E-state index in [0.29, 0.717) is 23.9 Å². The fourth-order valence-electron chi connectivity index (χ4n) is 2.02. The number of carbonyl (C=O) groups is 1. The number of ether oxygens (including phenoxy) is 2. The summed E-state index contributed by atoms with van der Waals surface area (Å²) >= 11 is 0. The molecular weight excluding hydrogens is 244 g/mol. The maximum absolute atomic E-state index is 11.7. The van der Waals surface area contributed by atoms with Crippen molar-refractivity contribution in [2.75, 3.05) is 32.1 Å². The Balaban J connectivity index is 1.68. The Hall–Kier alpha value is -1.75. The van der Waals surface area contributed by atoms with Crippen molar-refractivity contribution in [2.45, 2.75) is 12.8 Å². The van der Waals surface area contributed by atoms with Crippen molar-refractivity contribution in [2.24, 2.45) is 5.92 Å². The van der Waals surface area contributed by atoms with Crippen LogP contribution < -0.4 is 15.8 Å². The van der Waals surface area contributed by atoms with Crippen LogP contribution in [0.2, 0.25) is 0 Å². The highest BCUT2D eigenvalue weighted by molar-refractivity contribution is 5.77. The van der Waals surface area contributed by atoms with Crippen LogP contribution in [-0.4, -0.2) is 32.3 Å². The Morgan fingerprint density at radius 2 is 2.11 bits per heavy atom. The molecule has 1 aliphatic heterocycles. The molecule has 2 rings (SSSR count). The zero-order valence-electron chi connectivity index (χ0n) is 10.9. The van der Waals surface area contributed by atoms with Gasteiger partial charge in [0.2, 0.25) is 0 Å². The lowest BCUT2D eigenvalue weighted by atomic mass is 10.0. The van der Waals surface area contributed by atoms with Crippen LogP contribution in [0.5, 0.6) is 5.75 Å². The number of nitrogens with two attached hydrogens (primary N) is 1. The van der Waals surface area contributed by atoms with Gasteiger partial charge in [-0.05, 0) is 30.9 Å². The summed E-state index contributed by atoms with van der Waals surface area (Å²) in [5.74, 6) is 0.943. The molecule has 0 radical (unpaired) electrons. The lowest BCUT2D eigenvalue weighted by Gasteiger charge is -2.22. The van der Waals surface area contributed by atoms with Gasteiger partial charge in [0, 0.05) is 19.8 Å². The molecule has 0 aliphatic carbocycles. The number of nitrogens with one attached hydrogen (secondary N) is 1. The molecule has 1 saturated heterocycles. The zero-order valence-corrected chi connectivity index (χ0v) is 10.9. The molecule has 1 fully saturated rings. The second-order valence-electron chi connectivity index (χ2n) is 4.69. The molecule has 0 aromatic heterocycles. The smallest absolute Gasteiger partial charge is 0.257 e. The molecule has 3 N–H and O–H groups in total. The third-order valence-corrected chi connectivity index (χ3v) is 3.21. The lowest BCUT2D eigenvalue weighted by molar-refractivity contribution is -0.123. The van der Waals surface area contributed by atoms with E-state index in [2.05, 4.69) is 5.32 Å². The van der Waals surface area contributed by atoms with E-state index in [1.165, 1.54) is 0 Å². The van der Waals surface area contributed by atoms with Gasteiger partial charge < -0.3 is 20.5 Å². The van der Waals surface area contributed by atoms with E-state index in [4.69, 9.17) is 15.2 Å². The van der Waals surface area contributed by atoms with Gasteiger partial charge in [0.1, 0.15) is 5.75 Å². The molecule has 0 bridgehead atoms. The van der Waals surface area contributed by atoms with Crippen molar-refractivity contribution in [1.29, 1.82) is 0 Å². The van der Waals surface area contributed by atoms with E-state index >= 15 is 0 Å². The van der Waals surface area contributed by atoms with Crippen LogP contribution in [0, 0.1) is 5.92 Å². The number of carbonyl (C=O) groups excluding carboxylic acids is 1. The minimum atomic E-state index is -0.116. The van der Waals surface area contributed by atoms with E-state index in [0.717, 1.165) is 26.1 Å². The number of amides is 1. The predicted octanol–water partition coefficient (Wildman–Crippen LogP) is 1.19. The van der Waals surface area contributed by atoms with Crippen molar-refractivity contribution in [1.82, 2.24) is 5.32 Å². The van der Waals surface area contributed by atoms with Gasteiger partial charge in [-0.3, -0.25) is 4.79 Å². The summed E-state index contributed by atoms with van der Waals surface area (Å²) in [6, 6.07) is 7.15. The van der Waals surface area contributed by atoms with Gasteiger partial charge in [-0.15, -0.1) is 0 Å². The van der Waals surface area contributed by atoms with Gasteiger partial charge in [-0.1, -0.05) is 12.1 Å². The van der Waals surface area contributed by atoms with Crippen LogP contribution in [0.3, 0.4) is 0 Å². The third kappa shape index (κ3) is 4.44. The number of nitrogen functional groups attached to an aromatic ring is 1. The topological polar surface area (TPSA) is 73.6 Å². The normalized spacial score (nSPS) is 16.0. The van der Waals surface area contributed by atoms with E-state index in [1.807, 2.05) is 12.1 Å². The van der Waals surface area contributed by atoms with E-state index in [-0.39, 0.29) is 12.5 Å². The van der Waals surface area contributed by atoms with Gasteiger partial charge in [-0.2, -0.15) is 0 Å². The molecular formula is C14H20N2O3. The largest absolute Gasteiger partial charge is 0.482 e. The van der Waals surface area contributed by atoms with Crippen molar-refractivity contribution in [3.63, 3.8) is 0 Å². The minimum Gasteiger partial charge on any atom is -0.482 e. The summed E-state index contributed by atoms with van der Waals surface area (Å²) in [5.41, 5.74) is 6.27. The second-order valence-corrected chi connectivity index (χ2v) is 4.69. The zero-order chi connectivity index (χ0) is 13.5. The van der Waals surface area contributed by atoms with E-state index in [1.54, 1.807) is 12.1 Å². The summed E-state index contributed by atoms with van der Waals surface area (Å²) < 4.78 is 10.7. The number of hydrogen-bond donors (Lipinski definition) is 2. The monoisotopic (exact) mass is 264 g/mol. The first-order valence-electron chi connectivity index (χ1n) is 6.57. The summed E-state index contributed by atoms with van der Waals surface area (Å²) in [6.45, 7) is 2.27. The molecule has 1 amide bonds. The number of rotatable bonds is 5. The molecule has 5 nitrogen and oxygen atoms in total. The number of hydrogen-bond acceptors (Lipinski definition) is 4. The first-order valence-corrected chi connectivity index (χ1v) is 6.57. The van der Waals surface area contributed by atoms with Gasteiger partial charge in [-0.25, -0.2) is 0 Å². The Bertz CT molecular complexity index is 417. The maximum atomic E-state index is 11.7. The summed E-state index contributed by atoms with van der Waals surface area (Å²) in [4.78, 5) is 11.7. The highest BCUT2D eigenvalue weighted by Gasteiger charge is 2.14. The average Bonchev–Trinajstić information content (AvgIpc) is 2.45. The molecule has 0 atom stereocenters. The Morgan fingerprint density at radius 1 is 1.37 bits per heavy atom. The molecule has 1 heterocycles. The molecule has 19 heavy (non-hydrogen) atoms. The number of benzene rings is 1. The number of para-hydroxylation sites is 2. The maximum Gasteiger partial charge on any atom is 0.257 e.